The molecule has 4 N–H and O–H groups in total. The van der Waals surface area contributed by atoms with E-state index in [-0.39, 0.29) is 12.3 Å². The van der Waals surface area contributed by atoms with Crippen molar-refractivity contribution in [2.75, 3.05) is 26.8 Å². The Balaban J connectivity index is 2.48. The van der Waals surface area contributed by atoms with Crippen LogP contribution in [0, 0.1) is 0 Å². The van der Waals surface area contributed by atoms with Gasteiger partial charge in [-0.05, 0) is 12.0 Å². The number of primary amides is 1. The SMILES string of the molecule is COCC1=CCN(C(=O)C(N)CC(N)=O)CC1. The first-order valence-electron chi connectivity index (χ1n) is 5.54. The molecule has 17 heavy (non-hydrogen) atoms. The Morgan fingerprint density at radius 3 is 2.76 bits per heavy atom. The second kappa shape index (κ2) is 6.36. The van der Waals surface area contributed by atoms with Gasteiger partial charge in [0, 0.05) is 20.2 Å². The molecule has 0 radical (unpaired) electrons. The number of hydrogen-bond acceptors (Lipinski definition) is 4. The number of carbonyl (C=O) groups is 2. The zero-order valence-electron chi connectivity index (χ0n) is 10.0. The highest BCUT2D eigenvalue weighted by Gasteiger charge is 2.23. The van der Waals surface area contributed by atoms with Crippen molar-refractivity contribution in [3.05, 3.63) is 11.6 Å². The molecule has 6 nitrogen and oxygen atoms in total. The van der Waals surface area contributed by atoms with E-state index in [9.17, 15) is 9.59 Å². The molecule has 0 saturated heterocycles. The molecule has 1 heterocycles. The van der Waals surface area contributed by atoms with Crippen molar-refractivity contribution >= 4 is 11.8 Å². The molecule has 0 bridgehead atoms. The predicted molar refractivity (Wildman–Crippen MR) is 62.9 cm³/mol. The van der Waals surface area contributed by atoms with Crippen LogP contribution < -0.4 is 11.5 Å². The maximum atomic E-state index is 11.8. The average Bonchev–Trinajstić information content (AvgIpc) is 2.28. The number of nitrogens with two attached hydrogens (primary N) is 2. The van der Waals surface area contributed by atoms with Crippen LogP contribution in [0.1, 0.15) is 12.8 Å². The van der Waals surface area contributed by atoms with Crippen LogP contribution in [-0.4, -0.2) is 49.6 Å². The minimum Gasteiger partial charge on any atom is -0.380 e. The normalized spacial score (nSPS) is 17.5. The van der Waals surface area contributed by atoms with Crippen molar-refractivity contribution in [1.29, 1.82) is 0 Å². The Morgan fingerprint density at radius 2 is 2.29 bits per heavy atom. The van der Waals surface area contributed by atoms with Gasteiger partial charge in [0.05, 0.1) is 19.1 Å². The second-order valence-corrected chi connectivity index (χ2v) is 4.11. The average molecular weight is 241 g/mol. The fraction of sp³-hybridized carbons (Fsp3) is 0.636. The van der Waals surface area contributed by atoms with Gasteiger partial charge in [-0.15, -0.1) is 0 Å². The second-order valence-electron chi connectivity index (χ2n) is 4.11. The molecule has 0 aromatic rings. The summed E-state index contributed by atoms with van der Waals surface area (Å²) in [6.45, 7) is 1.72. The van der Waals surface area contributed by atoms with E-state index in [1.807, 2.05) is 6.08 Å². The number of hydrogen-bond donors (Lipinski definition) is 2. The van der Waals surface area contributed by atoms with E-state index >= 15 is 0 Å². The lowest BCUT2D eigenvalue weighted by Crippen LogP contribution is -2.47. The first-order valence-corrected chi connectivity index (χ1v) is 5.54. The van der Waals surface area contributed by atoms with Gasteiger partial charge in [0.1, 0.15) is 0 Å². The summed E-state index contributed by atoms with van der Waals surface area (Å²) in [4.78, 5) is 24.1. The highest BCUT2D eigenvalue weighted by Crippen LogP contribution is 2.12. The molecule has 96 valence electrons. The lowest BCUT2D eigenvalue weighted by molar-refractivity contribution is -0.134. The van der Waals surface area contributed by atoms with Gasteiger partial charge < -0.3 is 21.1 Å². The third-order valence-corrected chi connectivity index (χ3v) is 2.68. The van der Waals surface area contributed by atoms with E-state index in [1.54, 1.807) is 12.0 Å². The molecule has 1 rings (SSSR count). The van der Waals surface area contributed by atoms with Gasteiger partial charge in [-0.25, -0.2) is 0 Å². The number of ether oxygens (including phenoxy) is 1. The van der Waals surface area contributed by atoms with Crippen molar-refractivity contribution in [3.8, 4) is 0 Å². The van der Waals surface area contributed by atoms with Crippen LogP contribution in [0.4, 0.5) is 0 Å². The molecule has 0 aliphatic carbocycles. The van der Waals surface area contributed by atoms with E-state index in [0.29, 0.717) is 19.7 Å². The molecule has 0 fully saturated rings. The number of carbonyl (C=O) groups excluding carboxylic acids is 2. The molecule has 6 heteroatoms. The molecule has 1 aliphatic heterocycles. The number of amides is 2. The summed E-state index contributed by atoms with van der Waals surface area (Å²) in [7, 11) is 1.64. The predicted octanol–water partition coefficient (Wildman–Crippen LogP) is -1.01. The lowest BCUT2D eigenvalue weighted by atomic mass is 10.1. The van der Waals surface area contributed by atoms with Crippen LogP contribution in [-0.2, 0) is 14.3 Å². The monoisotopic (exact) mass is 241 g/mol. The van der Waals surface area contributed by atoms with Crippen molar-refractivity contribution < 1.29 is 14.3 Å². The fourth-order valence-electron chi connectivity index (χ4n) is 1.77. The minimum atomic E-state index is -0.829. The number of nitrogens with zero attached hydrogens (tertiary/aromatic N) is 1. The number of methoxy groups -OCH3 is 1. The molecule has 0 saturated carbocycles. The van der Waals surface area contributed by atoms with Crippen molar-refractivity contribution in [1.82, 2.24) is 4.90 Å². The fourth-order valence-corrected chi connectivity index (χ4v) is 1.77. The van der Waals surface area contributed by atoms with Gasteiger partial charge in [0.15, 0.2) is 0 Å². The van der Waals surface area contributed by atoms with Crippen LogP contribution in [0.2, 0.25) is 0 Å². The Morgan fingerprint density at radius 1 is 1.59 bits per heavy atom. The van der Waals surface area contributed by atoms with Crippen LogP contribution in [0.3, 0.4) is 0 Å². The zero-order chi connectivity index (χ0) is 12.8. The summed E-state index contributed by atoms with van der Waals surface area (Å²) < 4.78 is 5.02. The highest BCUT2D eigenvalue weighted by molar-refractivity contribution is 5.87. The molecule has 1 aliphatic rings. The summed E-state index contributed by atoms with van der Waals surface area (Å²) in [5, 5.41) is 0. The molecule has 2 amide bonds. The van der Waals surface area contributed by atoms with Gasteiger partial charge in [0.25, 0.3) is 0 Å². The van der Waals surface area contributed by atoms with Crippen LogP contribution >= 0.6 is 0 Å². The van der Waals surface area contributed by atoms with E-state index in [2.05, 4.69) is 0 Å². The van der Waals surface area contributed by atoms with Crippen molar-refractivity contribution in [2.45, 2.75) is 18.9 Å². The first-order chi connectivity index (χ1) is 8.04. The highest BCUT2D eigenvalue weighted by atomic mass is 16.5. The Labute approximate surface area is 101 Å². The summed E-state index contributed by atoms with van der Waals surface area (Å²) in [6.07, 6.45) is 2.63. The Bertz CT molecular complexity index is 328. The minimum absolute atomic E-state index is 0.107. The number of rotatable bonds is 5. The molecule has 1 atom stereocenters. The van der Waals surface area contributed by atoms with Gasteiger partial charge in [-0.3, -0.25) is 9.59 Å². The van der Waals surface area contributed by atoms with E-state index in [1.165, 1.54) is 5.57 Å². The summed E-state index contributed by atoms with van der Waals surface area (Å²) in [6, 6.07) is -0.829. The standard InChI is InChI=1S/C11H19N3O3/c1-17-7-8-2-4-14(5-3-8)11(16)9(12)6-10(13)15/h2,9H,3-7,12H2,1H3,(H2,13,15). The largest absolute Gasteiger partial charge is 0.380 e. The molecule has 0 aromatic heterocycles. The van der Waals surface area contributed by atoms with Gasteiger partial charge in [-0.2, -0.15) is 0 Å². The maximum absolute atomic E-state index is 11.8. The van der Waals surface area contributed by atoms with E-state index in [0.717, 1.165) is 6.42 Å². The quantitative estimate of drug-likeness (QED) is 0.603. The summed E-state index contributed by atoms with van der Waals surface area (Å²) >= 11 is 0. The Hall–Kier alpha value is -1.40. The van der Waals surface area contributed by atoms with Crippen molar-refractivity contribution in [3.63, 3.8) is 0 Å². The van der Waals surface area contributed by atoms with Gasteiger partial charge >= 0.3 is 0 Å². The smallest absolute Gasteiger partial charge is 0.240 e. The molecule has 0 aromatic carbocycles. The van der Waals surface area contributed by atoms with E-state index in [4.69, 9.17) is 16.2 Å². The maximum Gasteiger partial charge on any atom is 0.240 e. The molecular weight excluding hydrogens is 222 g/mol. The molecule has 1 unspecified atom stereocenters. The van der Waals surface area contributed by atoms with Crippen LogP contribution in [0.5, 0.6) is 0 Å². The van der Waals surface area contributed by atoms with E-state index < -0.39 is 11.9 Å². The third kappa shape index (κ3) is 4.16. The zero-order valence-corrected chi connectivity index (χ0v) is 10.0. The lowest BCUT2D eigenvalue weighted by Gasteiger charge is -2.28. The topological polar surface area (TPSA) is 98.7 Å². The van der Waals surface area contributed by atoms with Crippen molar-refractivity contribution in [2.24, 2.45) is 11.5 Å². The third-order valence-electron chi connectivity index (χ3n) is 2.68. The summed E-state index contributed by atoms with van der Waals surface area (Å²) in [5.41, 5.74) is 11.8. The van der Waals surface area contributed by atoms with Crippen LogP contribution in [0.25, 0.3) is 0 Å². The van der Waals surface area contributed by atoms with Gasteiger partial charge in [0.2, 0.25) is 11.8 Å². The Kier molecular flexibility index (Phi) is 5.11. The first kappa shape index (κ1) is 13.7. The van der Waals surface area contributed by atoms with Crippen LogP contribution in [0.15, 0.2) is 11.6 Å². The molecular formula is C11H19N3O3. The molecule has 0 spiro atoms. The summed E-state index contributed by atoms with van der Waals surface area (Å²) in [5.74, 6) is -0.782. The van der Waals surface area contributed by atoms with Gasteiger partial charge in [-0.1, -0.05) is 6.08 Å².